The van der Waals surface area contributed by atoms with Crippen LogP contribution in [-0.4, -0.2) is 47.1 Å². The van der Waals surface area contributed by atoms with E-state index in [9.17, 15) is 14.4 Å². The molecular formula is C27H31N5O5. The molecule has 1 atom stereocenters. The van der Waals surface area contributed by atoms with Crippen molar-refractivity contribution in [3.05, 3.63) is 71.3 Å². The Hall–Kier alpha value is -4.47. The van der Waals surface area contributed by atoms with E-state index >= 15 is 0 Å². The summed E-state index contributed by atoms with van der Waals surface area (Å²) >= 11 is 0. The molecule has 0 spiro atoms. The number of carbonyl (C=O) groups is 3. The van der Waals surface area contributed by atoms with E-state index in [-0.39, 0.29) is 31.2 Å². The Balaban J connectivity index is 1.63. The normalized spacial score (nSPS) is 11.5. The summed E-state index contributed by atoms with van der Waals surface area (Å²) in [5, 5.41) is 3.39. The lowest BCUT2D eigenvalue weighted by Gasteiger charge is -2.18. The molecule has 10 nitrogen and oxygen atoms in total. The molecule has 0 aliphatic rings. The van der Waals surface area contributed by atoms with Gasteiger partial charge in [0.2, 0.25) is 5.95 Å². The minimum Gasteiger partial charge on any atom is -0.464 e. The van der Waals surface area contributed by atoms with E-state index in [4.69, 9.17) is 20.9 Å². The lowest BCUT2D eigenvalue weighted by atomic mass is 10.0. The predicted octanol–water partition coefficient (Wildman–Crippen LogP) is 2.75. The van der Waals surface area contributed by atoms with E-state index in [2.05, 4.69) is 21.9 Å². The molecule has 2 aromatic carbocycles. The van der Waals surface area contributed by atoms with E-state index in [1.165, 1.54) is 0 Å². The molecular weight excluding hydrogens is 474 g/mol. The van der Waals surface area contributed by atoms with Gasteiger partial charge in [0.1, 0.15) is 11.9 Å². The molecule has 1 heterocycles. The van der Waals surface area contributed by atoms with Crippen LogP contribution in [0.4, 0.5) is 11.8 Å². The standard InChI is InChI=1S/C27H31N5O5/c1-4-36-25(34)16(3)14-22(26(35)37-5-2)30-24(33)19-11-8-17(9-12-19)6-7-18-10-13-21-20(15-18)23(28)32-27(29)31-21/h8-13,15,22H,3-7,14H2,1-2H3,(H,30,33)(H4,28,29,31,32)/t22-/m1/s1. The van der Waals surface area contributed by atoms with Gasteiger partial charge in [-0.15, -0.1) is 0 Å². The third-order valence-electron chi connectivity index (χ3n) is 5.62. The quantitative estimate of drug-likeness (QED) is 0.263. The largest absolute Gasteiger partial charge is 0.464 e. The molecule has 5 N–H and O–H groups in total. The number of aromatic nitrogens is 2. The van der Waals surface area contributed by atoms with Crippen molar-refractivity contribution in [3.63, 3.8) is 0 Å². The van der Waals surface area contributed by atoms with Crippen molar-refractivity contribution in [2.75, 3.05) is 24.7 Å². The van der Waals surface area contributed by atoms with Crippen molar-refractivity contribution in [3.8, 4) is 0 Å². The summed E-state index contributed by atoms with van der Waals surface area (Å²) in [7, 11) is 0. The maximum absolute atomic E-state index is 12.8. The number of nitrogens with zero attached hydrogens (tertiary/aromatic N) is 2. The zero-order valence-electron chi connectivity index (χ0n) is 21.0. The third-order valence-corrected chi connectivity index (χ3v) is 5.62. The molecule has 0 bridgehead atoms. The number of ether oxygens (including phenoxy) is 2. The molecule has 0 aliphatic carbocycles. The van der Waals surface area contributed by atoms with Gasteiger partial charge in [0.05, 0.1) is 18.7 Å². The number of aryl methyl sites for hydroxylation is 2. The van der Waals surface area contributed by atoms with E-state index in [0.717, 1.165) is 29.4 Å². The number of anilines is 2. The van der Waals surface area contributed by atoms with Crippen LogP contribution >= 0.6 is 0 Å². The summed E-state index contributed by atoms with van der Waals surface area (Å²) in [6.45, 7) is 7.31. The van der Waals surface area contributed by atoms with Gasteiger partial charge in [0.15, 0.2) is 0 Å². The SMILES string of the molecule is C=C(C[C@@H](NC(=O)c1ccc(CCc2ccc3nc(N)nc(N)c3c2)cc1)C(=O)OCC)C(=O)OCC. The topological polar surface area (TPSA) is 160 Å². The number of carbonyl (C=O) groups excluding carboxylic acids is 3. The molecule has 0 saturated carbocycles. The number of nitrogen functional groups attached to an aromatic ring is 2. The van der Waals surface area contributed by atoms with Gasteiger partial charge < -0.3 is 26.3 Å². The van der Waals surface area contributed by atoms with Crippen LogP contribution < -0.4 is 16.8 Å². The smallest absolute Gasteiger partial charge is 0.333 e. The first kappa shape index (κ1) is 27.1. The first-order valence-corrected chi connectivity index (χ1v) is 11.9. The predicted molar refractivity (Wildman–Crippen MR) is 140 cm³/mol. The van der Waals surface area contributed by atoms with Crippen LogP contribution in [0.25, 0.3) is 10.9 Å². The lowest BCUT2D eigenvalue weighted by Crippen LogP contribution is -2.42. The average Bonchev–Trinajstić information content (AvgIpc) is 2.87. The summed E-state index contributed by atoms with van der Waals surface area (Å²) in [5.41, 5.74) is 14.8. The fourth-order valence-electron chi connectivity index (χ4n) is 3.73. The Morgan fingerprint density at radius 1 is 0.946 bits per heavy atom. The second kappa shape index (κ2) is 12.5. The highest BCUT2D eigenvalue weighted by Crippen LogP contribution is 2.21. The van der Waals surface area contributed by atoms with Crippen molar-refractivity contribution >= 4 is 40.5 Å². The summed E-state index contributed by atoms with van der Waals surface area (Å²) in [6.07, 6.45) is 1.36. The molecule has 3 rings (SSSR count). The Labute approximate surface area is 215 Å². The highest BCUT2D eigenvalue weighted by molar-refractivity contribution is 5.97. The van der Waals surface area contributed by atoms with Crippen molar-refractivity contribution in [1.82, 2.24) is 15.3 Å². The van der Waals surface area contributed by atoms with Crippen LogP contribution in [0, 0.1) is 0 Å². The molecule has 0 radical (unpaired) electrons. The number of esters is 2. The van der Waals surface area contributed by atoms with Gasteiger partial charge in [-0.3, -0.25) is 4.79 Å². The molecule has 0 unspecified atom stereocenters. The van der Waals surface area contributed by atoms with Gasteiger partial charge in [-0.05, 0) is 62.1 Å². The molecule has 1 aromatic heterocycles. The monoisotopic (exact) mass is 505 g/mol. The Bertz CT molecular complexity index is 1310. The van der Waals surface area contributed by atoms with Gasteiger partial charge in [-0.2, -0.15) is 4.98 Å². The Morgan fingerprint density at radius 3 is 2.27 bits per heavy atom. The zero-order valence-corrected chi connectivity index (χ0v) is 21.0. The van der Waals surface area contributed by atoms with Gasteiger partial charge in [0, 0.05) is 22.9 Å². The maximum atomic E-state index is 12.8. The average molecular weight is 506 g/mol. The number of nitrogens with two attached hydrogens (primary N) is 2. The number of rotatable bonds is 11. The number of nitrogens with one attached hydrogen (secondary N) is 1. The van der Waals surface area contributed by atoms with Crippen molar-refractivity contribution in [2.45, 2.75) is 39.2 Å². The van der Waals surface area contributed by atoms with Crippen molar-refractivity contribution in [2.24, 2.45) is 0 Å². The molecule has 0 fully saturated rings. The van der Waals surface area contributed by atoms with Crippen LogP contribution in [-0.2, 0) is 31.9 Å². The van der Waals surface area contributed by atoms with Gasteiger partial charge >= 0.3 is 11.9 Å². The fraction of sp³-hybridized carbons (Fsp3) is 0.296. The van der Waals surface area contributed by atoms with E-state index < -0.39 is 23.9 Å². The highest BCUT2D eigenvalue weighted by atomic mass is 16.5. The molecule has 10 heteroatoms. The first-order chi connectivity index (χ1) is 17.7. The summed E-state index contributed by atoms with van der Waals surface area (Å²) in [5.74, 6) is -1.26. The second-order valence-corrected chi connectivity index (χ2v) is 8.32. The lowest BCUT2D eigenvalue weighted by molar-refractivity contribution is -0.145. The number of hydrogen-bond donors (Lipinski definition) is 3. The van der Waals surface area contributed by atoms with Crippen LogP contribution in [0.3, 0.4) is 0 Å². The minimum atomic E-state index is -1.07. The molecule has 37 heavy (non-hydrogen) atoms. The van der Waals surface area contributed by atoms with Crippen LogP contribution in [0.5, 0.6) is 0 Å². The van der Waals surface area contributed by atoms with E-state index in [1.54, 1.807) is 26.0 Å². The fourth-order valence-corrected chi connectivity index (χ4v) is 3.73. The van der Waals surface area contributed by atoms with Gasteiger partial charge in [-0.25, -0.2) is 14.6 Å². The third kappa shape index (κ3) is 7.26. The second-order valence-electron chi connectivity index (χ2n) is 8.32. The minimum absolute atomic E-state index is 0.0704. The number of hydrogen-bond acceptors (Lipinski definition) is 9. The van der Waals surface area contributed by atoms with Crippen molar-refractivity contribution < 1.29 is 23.9 Å². The first-order valence-electron chi connectivity index (χ1n) is 11.9. The summed E-state index contributed by atoms with van der Waals surface area (Å²) < 4.78 is 9.96. The van der Waals surface area contributed by atoms with Crippen LogP contribution in [0.15, 0.2) is 54.6 Å². The van der Waals surface area contributed by atoms with E-state index in [1.807, 2.05) is 30.3 Å². The highest BCUT2D eigenvalue weighted by Gasteiger charge is 2.26. The molecule has 1 amide bonds. The van der Waals surface area contributed by atoms with E-state index in [0.29, 0.717) is 16.9 Å². The number of benzene rings is 2. The molecule has 194 valence electrons. The molecule has 3 aromatic rings. The molecule has 0 aliphatic heterocycles. The summed E-state index contributed by atoms with van der Waals surface area (Å²) in [4.78, 5) is 45.3. The van der Waals surface area contributed by atoms with Crippen molar-refractivity contribution in [1.29, 1.82) is 0 Å². The van der Waals surface area contributed by atoms with Gasteiger partial charge in [0.25, 0.3) is 5.91 Å². The van der Waals surface area contributed by atoms with Gasteiger partial charge in [-0.1, -0.05) is 24.8 Å². The zero-order chi connectivity index (χ0) is 26.9. The van der Waals surface area contributed by atoms with Crippen LogP contribution in [0.1, 0.15) is 41.8 Å². The maximum Gasteiger partial charge on any atom is 0.333 e. The summed E-state index contributed by atoms with van der Waals surface area (Å²) in [6, 6.07) is 11.8. The Kier molecular flexibility index (Phi) is 9.15. The van der Waals surface area contributed by atoms with Crippen LogP contribution in [0.2, 0.25) is 0 Å². The number of fused-ring (bicyclic) bond motifs is 1. The Morgan fingerprint density at radius 2 is 1.59 bits per heavy atom. The molecule has 0 saturated heterocycles. The number of amides is 1.